The molecule has 2 aromatic carbocycles. The molecule has 0 bridgehead atoms. The molecule has 3 rings (SSSR count). The van der Waals surface area contributed by atoms with Crippen molar-refractivity contribution in [3.05, 3.63) is 58.5 Å². The summed E-state index contributed by atoms with van der Waals surface area (Å²) in [7, 11) is 3.16. The molecule has 0 saturated carbocycles. The van der Waals surface area contributed by atoms with E-state index in [1.54, 1.807) is 32.4 Å². The smallest absolute Gasteiger partial charge is 0.206 e. The van der Waals surface area contributed by atoms with E-state index in [1.165, 1.54) is 11.3 Å². The maximum atomic E-state index is 12.7. The van der Waals surface area contributed by atoms with Crippen molar-refractivity contribution in [1.82, 2.24) is 4.98 Å². The number of aromatic nitrogens is 1. The van der Waals surface area contributed by atoms with Gasteiger partial charge < -0.3 is 20.5 Å². The van der Waals surface area contributed by atoms with Crippen LogP contribution in [0.5, 0.6) is 11.5 Å². The van der Waals surface area contributed by atoms with Crippen LogP contribution in [0.2, 0.25) is 0 Å². The molecule has 0 atom stereocenters. The zero-order valence-corrected chi connectivity index (χ0v) is 15.5. The van der Waals surface area contributed by atoms with Gasteiger partial charge in [0.15, 0.2) is 5.13 Å². The van der Waals surface area contributed by atoms with Gasteiger partial charge in [0.1, 0.15) is 22.2 Å². The van der Waals surface area contributed by atoms with E-state index in [9.17, 15) is 4.79 Å². The Labute approximate surface area is 155 Å². The summed E-state index contributed by atoms with van der Waals surface area (Å²) >= 11 is 1.21. The lowest BCUT2D eigenvalue weighted by Crippen LogP contribution is -2.02. The van der Waals surface area contributed by atoms with Crippen molar-refractivity contribution in [3.8, 4) is 11.5 Å². The van der Waals surface area contributed by atoms with Gasteiger partial charge in [-0.15, -0.1) is 0 Å². The molecule has 0 fully saturated rings. The van der Waals surface area contributed by atoms with Gasteiger partial charge in [0, 0.05) is 29.4 Å². The standard InChI is InChI=1S/C19H19N3O3S/c1-11-4-6-12(7-5-11)16(23)17-18(20)22-19(26-17)21-13-8-14(24-2)10-15(9-13)25-3/h4-10H,20H2,1-3H3,(H,21,22). The van der Waals surface area contributed by atoms with Crippen LogP contribution >= 0.6 is 11.3 Å². The van der Waals surface area contributed by atoms with Crippen LogP contribution in [0.15, 0.2) is 42.5 Å². The van der Waals surface area contributed by atoms with Crippen LogP contribution in [0, 0.1) is 6.92 Å². The summed E-state index contributed by atoms with van der Waals surface area (Å²) in [5.41, 5.74) is 8.37. The van der Waals surface area contributed by atoms with E-state index in [-0.39, 0.29) is 11.6 Å². The van der Waals surface area contributed by atoms with E-state index < -0.39 is 0 Å². The third-order valence-corrected chi connectivity index (χ3v) is 4.76. The van der Waals surface area contributed by atoms with E-state index in [2.05, 4.69) is 10.3 Å². The number of rotatable bonds is 6. The average Bonchev–Trinajstić information content (AvgIpc) is 3.01. The molecule has 6 nitrogen and oxygen atoms in total. The molecule has 0 unspecified atom stereocenters. The molecule has 134 valence electrons. The van der Waals surface area contributed by atoms with Gasteiger partial charge in [0.05, 0.1) is 14.2 Å². The van der Waals surface area contributed by atoms with Gasteiger partial charge in [0.2, 0.25) is 5.78 Å². The monoisotopic (exact) mass is 369 g/mol. The number of ether oxygens (including phenoxy) is 2. The quantitative estimate of drug-likeness (QED) is 0.638. The molecule has 3 aromatic rings. The molecule has 0 amide bonds. The van der Waals surface area contributed by atoms with Gasteiger partial charge in [-0.05, 0) is 6.92 Å². The largest absolute Gasteiger partial charge is 0.497 e. The lowest BCUT2D eigenvalue weighted by molar-refractivity contribution is 0.104. The molecule has 1 aromatic heterocycles. The Morgan fingerprint density at radius 1 is 1.08 bits per heavy atom. The molecule has 0 saturated heterocycles. The maximum absolute atomic E-state index is 12.7. The van der Waals surface area contributed by atoms with Crippen molar-refractivity contribution in [3.63, 3.8) is 0 Å². The summed E-state index contributed by atoms with van der Waals surface area (Å²) in [6.45, 7) is 1.97. The summed E-state index contributed by atoms with van der Waals surface area (Å²) in [5, 5.41) is 3.67. The molecule has 1 heterocycles. The number of hydrogen-bond acceptors (Lipinski definition) is 7. The molecule has 7 heteroatoms. The van der Waals surface area contributed by atoms with Gasteiger partial charge in [0.25, 0.3) is 0 Å². The number of anilines is 3. The fourth-order valence-electron chi connectivity index (χ4n) is 2.39. The molecular weight excluding hydrogens is 350 g/mol. The van der Waals surface area contributed by atoms with E-state index in [0.717, 1.165) is 11.3 Å². The van der Waals surface area contributed by atoms with E-state index in [1.807, 2.05) is 31.2 Å². The fraction of sp³-hybridized carbons (Fsp3) is 0.158. The van der Waals surface area contributed by atoms with Crippen molar-refractivity contribution in [2.75, 3.05) is 25.3 Å². The topological polar surface area (TPSA) is 86.5 Å². The Hall–Kier alpha value is -3.06. The Kier molecular flexibility index (Phi) is 5.09. The number of ketones is 1. The molecule has 0 radical (unpaired) electrons. The van der Waals surface area contributed by atoms with Crippen LogP contribution in [0.4, 0.5) is 16.6 Å². The first-order chi connectivity index (χ1) is 12.5. The molecule has 0 aliphatic rings. The number of thiazole rings is 1. The molecule has 0 spiro atoms. The Morgan fingerprint density at radius 3 is 2.27 bits per heavy atom. The van der Waals surface area contributed by atoms with Crippen molar-refractivity contribution < 1.29 is 14.3 Å². The highest BCUT2D eigenvalue weighted by Crippen LogP contribution is 2.32. The number of methoxy groups -OCH3 is 2. The molecule has 0 aliphatic carbocycles. The van der Waals surface area contributed by atoms with Gasteiger partial charge in [-0.25, -0.2) is 4.98 Å². The lowest BCUT2D eigenvalue weighted by atomic mass is 10.1. The van der Waals surface area contributed by atoms with Crippen LogP contribution in [-0.2, 0) is 0 Å². The van der Waals surface area contributed by atoms with Gasteiger partial charge in [-0.1, -0.05) is 41.2 Å². The number of nitrogens with two attached hydrogens (primary N) is 1. The second kappa shape index (κ2) is 7.45. The number of hydrogen-bond donors (Lipinski definition) is 2. The average molecular weight is 369 g/mol. The van der Waals surface area contributed by atoms with Crippen LogP contribution < -0.4 is 20.5 Å². The third kappa shape index (κ3) is 3.78. The SMILES string of the molecule is COc1cc(Nc2nc(N)c(C(=O)c3ccc(C)cc3)s2)cc(OC)c1. The fourth-order valence-corrected chi connectivity index (χ4v) is 3.25. The Bertz CT molecular complexity index is 913. The van der Waals surface area contributed by atoms with Gasteiger partial charge in [-0.2, -0.15) is 0 Å². The number of nitrogen functional groups attached to an aromatic ring is 1. The predicted octanol–water partition coefficient (Wildman–Crippen LogP) is 4.03. The normalized spacial score (nSPS) is 10.4. The van der Waals surface area contributed by atoms with Crippen molar-refractivity contribution in [1.29, 1.82) is 0 Å². The van der Waals surface area contributed by atoms with Gasteiger partial charge in [-0.3, -0.25) is 4.79 Å². The van der Waals surface area contributed by atoms with Crippen molar-refractivity contribution >= 4 is 33.8 Å². The molecule has 0 aliphatic heterocycles. The number of nitrogens with zero attached hydrogens (tertiary/aromatic N) is 1. The van der Waals surface area contributed by atoms with E-state index >= 15 is 0 Å². The first-order valence-corrected chi connectivity index (χ1v) is 8.69. The number of carbonyl (C=O) groups is 1. The van der Waals surface area contributed by atoms with Crippen molar-refractivity contribution in [2.24, 2.45) is 0 Å². The van der Waals surface area contributed by atoms with Crippen molar-refractivity contribution in [2.45, 2.75) is 6.92 Å². The Morgan fingerprint density at radius 2 is 1.69 bits per heavy atom. The Balaban J connectivity index is 1.86. The number of carbonyl (C=O) groups excluding carboxylic acids is 1. The molecule has 26 heavy (non-hydrogen) atoms. The summed E-state index contributed by atoms with van der Waals surface area (Å²) < 4.78 is 10.5. The van der Waals surface area contributed by atoms with Crippen LogP contribution in [-0.4, -0.2) is 25.0 Å². The summed E-state index contributed by atoms with van der Waals surface area (Å²) in [6.07, 6.45) is 0. The lowest BCUT2D eigenvalue weighted by Gasteiger charge is -2.08. The molecule has 3 N–H and O–H groups in total. The highest BCUT2D eigenvalue weighted by atomic mass is 32.1. The zero-order chi connectivity index (χ0) is 18.7. The second-order valence-electron chi connectivity index (χ2n) is 5.65. The summed E-state index contributed by atoms with van der Waals surface area (Å²) in [6, 6.07) is 12.8. The predicted molar refractivity (Wildman–Crippen MR) is 104 cm³/mol. The highest BCUT2D eigenvalue weighted by Gasteiger charge is 2.18. The molecular formula is C19H19N3O3S. The first-order valence-electron chi connectivity index (χ1n) is 7.88. The minimum atomic E-state index is -0.142. The number of nitrogens with one attached hydrogen (secondary N) is 1. The zero-order valence-electron chi connectivity index (χ0n) is 14.7. The minimum absolute atomic E-state index is 0.142. The maximum Gasteiger partial charge on any atom is 0.206 e. The van der Waals surface area contributed by atoms with Crippen LogP contribution in [0.25, 0.3) is 0 Å². The van der Waals surface area contributed by atoms with E-state index in [4.69, 9.17) is 15.2 Å². The first kappa shape index (κ1) is 17.8. The van der Waals surface area contributed by atoms with Gasteiger partial charge >= 0.3 is 0 Å². The second-order valence-corrected chi connectivity index (χ2v) is 6.65. The van der Waals surface area contributed by atoms with Crippen LogP contribution in [0.1, 0.15) is 20.8 Å². The number of benzene rings is 2. The summed E-state index contributed by atoms with van der Waals surface area (Å²) in [5.74, 6) is 1.36. The number of aryl methyl sites for hydroxylation is 1. The third-order valence-electron chi connectivity index (χ3n) is 3.78. The van der Waals surface area contributed by atoms with E-state index in [0.29, 0.717) is 27.1 Å². The highest BCUT2D eigenvalue weighted by molar-refractivity contribution is 7.18. The van der Waals surface area contributed by atoms with Crippen LogP contribution in [0.3, 0.4) is 0 Å². The minimum Gasteiger partial charge on any atom is -0.497 e. The summed E-state index contributed by atoms with van der Waals surface area (Å²) in [4.78, 5) is 17.3.